The topological polar surface area (TPSA) is 61.4 Å². The number of nitrogens with zero attached hydrogens (tertiary/aromatic N) is 4. The number of hydrogen-bond donors (Lipinski definition) is 0. The molecule has 8 heteroatoms. The molecule has 0 saturated carbocycles. The Bertz CT molecular complexity index is 925. The molecular formula is C15H15FN4O2S. The number of amides is 1. The third-order valence-electron chi connectivity index (χ3n) is 3.41. The minimum Gasteiger partial charge on any atom is -0.383 e. The van der Waals surface area contributed by atoms with Gasteiger partial charge in [-0.1, -0.05) is 17.4 Å². The molecule has 120 valence electrons. The Balaban J connectivity index is 2.16. The molecule has 0 radical (unpaired) electrons. The number of aryl methyl sites for hydroxylation is 1. The highest BCUT2D eigenvalue weighted by molar-refractivity contribution is 7.16. The lowest BCUT2D eigenvalue weighted by Gasteiger charge is -2.04. The summed E-state index contributed by atoms with van der Waals surface area (Å²) in [6.45, 7) is 0.808. The standard InChI is InChI=1S/C15H15FN4O2S/c1-19-11(6-7-17-19)14(21)18-15-20(8-9-22-2)13-10(16)4-3-5-12(13)23-15/h3-7H,8-9H2,1-2H3. The van der Waals surface area contributed by atoms with Crippen molar-refractivity contribution in [1.29, 1.82) is 0 Å². The van der Waals surface area contributed by atoms with Gasteiger partial charge in [-0.15, -0.1) is 0 Å². The molecule has 3 aromatic rings. The van der Waals surface area contributed by atoms with Crippen LogP contribution < -0.4 is 4.80 Å². The Hall–Kier alpha value is -2.32. The summed E-state index contributed by atoms with van der Waals surface area (Å²) >= 11 is 1.27. The molecule has 0 aliphatic heterocycles. The minimum atomic E-state index is -0.414. The van der Waals surface area contributed by atoms with Gasteiger partial charge in [0.15, 0.2) is 4.80 Å². The Morgan fingerprint density at radius 2 is 2.26 bits per heavy atom. The fraction of sp³-hybridized carbons (Fsp3) is 0.267. The third-order valence-corrected chi connectivity index (χ3v) is 4.45. The van der Waals surface area contributed by atoms with Crippen LogP contribution in [0, 0.1) is 5.82 Å². The molecule has 0 fully saturated rings. The molecule has 0 unspecified atom stereocenters. The summed E-state index contributed by atoms with van der Waals surface area (Å²) in [6, 6.07) is 6.44. The Kier molecular flexibility index (Phi) is 4.35. The average molecular weight is 334 g/mol. The molecular weight excluding hydrogens is 319 g/mol. The monoisotopic (exact) mass is 334 g/mol. The summed E-state index contributed by atoms with van der Waals surface area (Å²) in [4.78, 5) is 16.9. The zero-order valence-electron chi connectivity index (χ0n) is 12.7. The fourth-order valence-electron chi connectivity index (χ4n) is 2.29. The lowest BCUT2D eigenvalue weighted by Crippen LogP contribution is -2.20. The summed E-state index contributed by atoms with van der Waals surface area (Å²) in [5, 5.41) is 3.96. The van der Waals surface area contributed by atoms with Crippen LogP contribution in [-0.4, -0.2) is 34.0 Å². The van der Waals surface area contributed by atoms with E-state index < -0.39 is 5.91 Å². The van der Waals surface area contributed by atoms with Gasteiger partial charge in [0.2, 0.25) is 0 Å². The number of benzene rings is 1. The maximum Gasteiger partial charge on any atom is 0.297 e. The number of rotatable bonds is 4. The van der Waals surface area contributed by atoms with Gasteiger partial charge in [-0.2, -0.15) is 10.1 Å². The number of thiazole rings is 1. The van der Waals surface area contributed by atoms with Crippen molar-refractivity contribution in [2.24, 2.45) is 12.0 Å². The first kappa shape index (κ1) is 15.6. The number of para-hydroxylation sites is 1. The van der Waals surface area contributed by atoms with Crippen LogP contribution in [0.25, 0.3) is 10.2 Å². The van der Waals surface area contributed by atoms with E-state index in [2.05, 4.69) is 10.1 Å². The number of carbonyl (C=O) groups excluding carboxylic acids is 1. The van der Waals surface area contributed by atoms with Crippen molar-refractivity contribution in [2.45, 2.75) is 6.54 Å². The maximum atomic E-state index is 14.2. The van der Waals surface area contributed by atoms with Gasteiger partial charge in [0.05, 0.1) is 16.8 Å². The number of methoxy groups -OCH3 is 1. The predicted octanol–water partition coefficient (Wildman–Crippen LogP) is 1.96. The summed E-state index contributed by atoms with van der Waals surface area (Å²) in [7, 11) is 3.25. The van der Waals surface area contributed by atoms with Crippen molar-refractivity contribution in [3.8, 4) is 0 Å². The van der Waals surface area contributed by atoms with Gasteiger partial charge in [0.25, 0.3) is 5.91 Å². The zero-order valence-corrected chi connectivity index (χ0v) is 13.5. The highest BCUT2D eigenvalue weighted by atomic mass is 32.1. The third kappa shape index (κ3) is 2.95. The van der Waals surface area contributed by atoms with Crippen molar-refractivity contribution in [1.82, 2.24) is 14.3 Å². The fourth-order valence-corrected chi connectivity index (χ4v) is 3.36. The average Bonchev–Trinajstić information content (AvgIpc) is 3.09. The number of ether oxygens (including phenoxy) is 1. The molecule has 3 rings (SSSR count). The summed E-state index contributed by atoms with van der Waals surface area (Å²) in [6.07, 6.45) is 1.53. The number of halogens is 1. The lowest BCUT2D eigenvalue weighted by molar-refractivity contribution is 0.0988. The summed E-state index contributed by atoms with van der Waals surface area (Å²) in [5.41, 5.74) is 0.812. The quantitative estimate of drug-likeness (QED) is 0.733. The van der Waals surface area contributed by atoms with E-state index in [9.17, 15) is 9.18 Å². The van der Waals surface area contributed by atoms with E-state index in [4.69, 9.17) is 4.74 Å². The van der Waals surface area contributed by atoms with E-state index in [0.29, 0.717) is 29.2 Å². The maximum absolute atomic E-state index is 14.2. The highest BCUT2D eigenvalue weighted by Crippen LogP contribution is 2.20. The van der Waals surface area contributed by atoms with Crippen LogP contribution in [-0.2, 0) is 18.3 Å². The summed E-state index contributed by atoms with van der Waals surface area (Å²) in [5.74, 6) is -0.757. The molecule has 1 aromatic carbocycles. The number of carbonyl (C=O) groups is 1. The van der Waals surface area contributed by atoms with Gasteiger partial charge in [-0.05, 0) is 18.2 Å². The second-order valence-corrected chi connectivity index (χ2v) is 5.88. The molecule has 0 aliphatic carbocycles. The van der Waals surface area contributed by atoms with Crippen molar-refractivity contribution in [3.05, 3.63) is 46.8 Å². The molecule has 1 amide bonds. The first-order chi connectivity index (χ1) is 11.1. The number of aromatic nitrogens is 3. The molecule has 0 N–H and O–H groups in total. The second-order valence-electron chi connectivity index (χ2n) is 4.87. The second kappa shape index (κ2) is 6.43. The molecule has 0 bridgehead atoms. The van der Waals surface area contributed by atoms with Crippen LogP contribution in [0.3, 0.4) is 0 Å². The van der Waals surface area contributed by atoms with E-state index in [0.717, 1.165) is 4.70 Å². The Morgan fingerprint density at radius 3 is 2.96 bits per heavy atom. The molecule has 0 spiro atoms. The van der Waals surface area contributed by atoms with Gasteiger partial charge in [0.1, 0.15) is 11.5 Å². The molecule has 2 heterocycles. The Labute approximate surface area is 135 Å². The SMILES string of the molecule is COCCn1c(=NC(=O)c2ccnn2C)sc2cccc(F)c21. The van der Waals surface area contributed by atoms with Crippen LogP contribution in [0.2, 0.25) is 0 Å². The van der Waals surface area contributed by atoms with Gasteiger partial charge < -0.3 is 9.30 Å². The van der Waals surface area contributed by atoms with E-state index in [1.165, 1.54) is 28.3 Å². The number of hydrogen-bond acceptors (Lipinski definition) is 4. The van der Waals surface area contributed by atoms with Gasteiger partial charge >= 0.3 is 0 Å². The van der Waals surface area contributed by atoms with Crippen molar-refractivity contribution in [2.75, 3.05) is 13.7 Å². The largest absolute Gasteiger partial charge is 0.383 e. The predicted molar refractivity (Wildman–Crippen MR) is 84.8 cm³/mol. The van der Waals surface area contributed by atoms with E-state index in [-0.39, 0.29) is 5.82 Å². The molecule has 23 heavy (non-hydrogen) atoms. The first-order valence-electron chi connectivity index (χ1n) is 6.95. The zero-order chi connectivity index (χ0) is 16.4. The minimum absolute atomic E-state index is 0.343. The van der Waals surface area contributed by atoms with Gasteiger partial charge in [-0.3, -0.25) is 9.48 Å². The van der Waals surface area contributed by atoms with Crippen LogP contribution in [0.5, 0.6) is 0 Å². The molecule has 2 aromatic heterocycles. The lowest BCUT2D eigenvalue weighted by atomic mass is 10.3. The molecule has 6 nitrogen and oxygen atoms in total. The van der Waals surface area contributed by atoms with E-state index in [1.807, 2.05) is 0 Å². The van der Waals surface area contributed by atoms with Crippen LogP contribution in [0.15, 0.2) is 35.5 Å². The van der Waals surface area contributed by atoms with Crippen molar-refractivity contribution >= 4 is 27.5 Å². The molecule has 0 aliphatic rings. The van der Waals surface area contributed by atoms with Crippen LogP contribution >= 0.6 is 11.3 Å². The number of fused-ring (bicyclic) bond motifs is 1. The highest BCUT2D eigenvalue weighted by Gasteiger charge is 2.13. The normalized spacial score (nSPS) is 12.2. The van der Waals surface area contributed by atoms with Crippen molar-refractivity contribution in [3.63, 3.8) is 0 Å². The van der Waals surface area contributed by atoms with Crippen LogP contribution in [0.4, 0.5) is 4.39 Å². The smallest absolute Gasteiger partial charge is 0.297 e. The van der Waals surface area contributed by atoms with E-state index in [1.54, 1.807) is 36.9 Å². The Morgan fingerprint density at radius 1 is 1.43 bits per heavy atom. The van der Waals surface area contributed by atoms with Crippen molar-refractivity contribution < 1.29 is 13.9 Å². The van der Waals surface area contributed by atoms with Gasteiger partial charge in [-0.25, -0.2) is 4.39 Å². The molecule has 0 atom stereocenters. The van der Waals surface area contributed by atoms with Crippen LogP contribution in [0.1, 0.15) is 10.5 Å². The van der Waals surface area contributed by atoms with Gasteiger partial charge in [0, 0.05) is 26.9 Å². The summed E-state index contributed by atoms with van der Waals surface area (Å²) < 4.78 is 23.1. The first-order valence-corrected chi connectivity index (χ1v) is 7.77. The van der Waals surface area contributed by atoms with E-state index >= 15 is 0 Å². The molecule has 0 saturated heterocycles.